The molecule has 1 unspecified atom stereocenters. The van der Waals surface area contributed by atoms with Gasteiger partial charge < -0.3 is 15.9 Å². The number of aliphatic hydroxyl groups is 2. The minimum Gasteiger partial charge on any atom is -0.396 e. The topological polar surface area (TPSA) is 87.1 Å². The summed E-state index contributed by atoms with van der Waals surface area (Å²) in [5.41, 5.74) is 10.3. The zero-order valence-electron chi connectivity index (χ0n) is 19.0. The average molecular weight is 463 g/mol. The molecule has 2 heterocycles. The smallest absolute Gasteiger partial charge is 0.298 e. The number of hydrogen-bond donors (Lipinski definition) is 3. The van der Waals surface area contributed by atoms with Gasteiger partial charge in [-0.25, -0.2) is 4.57 Å². The van der Waals surface area contributed by atoms with Crippen molar-refractivity contribution in [1.29, 1.82) is 0 Å². The Bertz CT molecular complexity index is 1230. The summed E-state index contributed by atoms with van der Waals surface area (Å²) in [5.74, 6) is 1.33. The first-order valence-electron chi connectivity index (χ1n) is 11.0. The Hall–Kier alpha value is -3.13. The number of hydrogen-bond acceptors (Lipinski definition) is 5. The molecule has 2 aromatic carbocycles. The van der Waals surface area contributed by atoms with E-state index in [-0.39, 0.29) is 6.61 Å². The average Bonchev–Trinajstić information content (AvgIpc) is 3.13. The van der Waals surface area contributed by atoms with E-state index in [9.17, 15) is 10.2 Å². The summed E-state index contributed by atoms with van der Waals surface area (Å²) >= 11 is 1.53. The highest BCUT2D eigenvalue weighted by molar-refractivity contribution is 7.11. The van der Waals surface area contributed by atoms with Crippen LogP contribution in [0.2, 0.25) is 0 Å². The van der Waals surface area contributed by atoms with Crippen LogP contribution >= 0.6 is 11.3 Å². The molecule has 4 N–H and O–H groups in total. The lowest BCUT2D eigenvalue weighted by molar-refractivity contribution is -0.710. The first-order valence-corrected chi connectivity index (χ1v) is 11.8. The number of aliphatic hydroxyl groups excluding tert-OH is 2. The summed E-state index contributed by atoms with van der Waals surface area (Å²) in [4.78, 5) is 5.65. The van der Waals surface area contributed by atoms with Crippen LogP contribution in [0.3, 0.4) is 0 Å². The Kier molecular flexibility index (Phi) is 7.13. The van der Waals surface area contributed by atoms with Crippen molar-refractivity contribution in [3.8, 4) is 0 Å². The Morgan fingerprint density at radius 3 is 2.33 bits per heavy atom. The number of aryl methyl sites for hydroxylation is 1. The van der Waals surface area contributed by atoms with Gasteiger partial charge in [0.15, 0.2) is 18.3 Å². The van der Waals surface area contributed by atoms with E-state index in [0.717, 1.165) is 32.5 Å². The van der Waals surface area contributed by atoms with E-state index < -0.39 is 6.10 Å². The third kappa shape index (κ3) is 5.11. The highest BCUT2D eigenvalue weighted by Crippen LogP contribution is 2.28. The molecule has 7 heteroatoms. The van der Waals surface area contributed by atoms with Gasteiger partial charge >= 0.3 is 0 Å². The van der Waals surface area contributed by atoms with E-state index in [1.807, 2.05) is 62.4 Å². The molecule has 0 amide bonds. The van der Waals surface area contributed by atoms with Crippen molar-refractivity contribution in [1.82, 2.24) is 4.98 Å². The van der Waals surface area contributed by atoms with Crippen molar-refractivity contribution in [2.75, 3.05) is 12.3 Å². The first kappa shape index (κ1) is 23.0. The van der Waals surface area contributed by atoms with Gasteiger partial charge in [-0.2, -0.15) is 4.57 Å². The van der Waals surface area contributed by atoms with E-state index >= 15 is 0 Å². The molecule has 0 aliphatic rings. The zero-order chi connectivity index (χ0) is 23.4. The molecule has 0 bridgehead atoms. The summed E-state index contributed by atoms with van der Waals surface area (Å²) in [5, 5.41) is 21.6. The van der Waals surface area contributed by atoms with Crippen LogP contribution in [0, 0.1) is 13.8 Å². The molecule has 170 valence electrons. The van der Waals surface area contributed by atoms with E-state index in [1.54, 1.807) is 0 Å². The van der Waals surface area contributed by atoms with E-state index in [4.69, 9.17) is 5.73 Å². The largest absolute Gasteiger partial charge is 0.396 e. The minimum absolute atomic E-state index is 0.0630. The van der Waals surface area contributed by atoms with E-state index in [1.165, 1.54) is 16.9 Å². The second kappa shape index (κ2) is 10.2. The minimum atomic E-state index is -0.765. The second-order valence-corrected chi connectivity index (χ2v) is 9.25. The van der Waals surface area contributed by atoms with Gasteiger partial charge in [0.1, 0.15) is 18.3 Å². The summed E-state index contributed by atoms with van der Waals surface area (Å²) in [7, 11) is 0. The fourth-order valence-corrected chi connectivity index (χ4v) is 5.24. The Balaban J connectivity index is 1.73. The predicted octanol–water partition coefficient (Wildman–Crippen LogP) is 2.63. The van der Waals surface area contributed by atoms with Gasteiger partial charge in [0.25, 0.3) is 16.6 Å². The number of rotatable bonds is 8. The van der Waals surface area contributed by atoms with E-state index in [0.29, 0.717) is 25.3 Å². The summed E-state index contributed by atoms with van der Waals surface area (Å²) in [6.45, 7) is 5.23. The van der Waals surface area contributed by atoms with Crippen LogP contribution in [0.1, 0.15) is 44.2 Å². The molecule has 0 spiro atoms. The van der Waals surface area contributed by atoms with Crippen LogP contribution in [0.4, 0.5) is 5.82 Å². The van der Waals surface area contributed by atoms with Crippen LogP contribution in [-0.2, 0) is 19.5 Å². The molecule has 0 saturated carbocycles. The van der Waals surface area contributed by atoms with Gasteiger partial charge in [-0.15, -0.1) is 0 Å². The Morgan fingerprint density at radius 1 is 1.00 bits per heavy atom. The van der Waals surface area contributed by atoms with Gasteiger partial charge in [0.05, 0.1) is 4.88 Å². The van der Waals surface area contributed by atoms with Crippen LogP contribution in [0.5, 0.6) is 0 Å². The summed E-state index contributed by atoms with van der Waals surface area (Å²) in [6, 6.07) is 19.9. The second-order valence-electron chi connectivity index (χ2n) is 8.13. The number of nitrogen functional groups attached to an aromatic ring is 1. The number of aromatic nitrogens is 3. The van der Waals surface area contributed by atoms with Gasteiger partial charge in [0, 0.05) is 26.9 Å². The zero-order valence-corrected chi connectivity index (χ0v) is 19.8. The molecule has 4 rings (SSSR count). The molecular formula is C26H30N4O2S+2. The van der Waals surface area contributed by atoms with Crippen molar-refractivity contribution in [3.05, 3.63) is 105 Å². The maximum Gasteiger partial charge on any atom is 0.298 e. The fraction of sp³-hybridized carbons (Fsp3) is 0.269. The standard InChI is InChI=1S/C26H29N4O2S/c1-18-23(13-14-31)33-26(24(32)21-11-7-4-8-12-21)30(18)17-22-16-29(19(2)28-25(22)27)15-20-9-5-3-6-10-20/h3-12,16,24,27,31-32H,13-15,17H2,1-2H3/q+1/p+1. The SMILES string of the molecule is Cc1nc(N)c(C[n+]2c(C(O)c3ccccc3)sc(CCO)c2C)c[n+]1Cc1ccccc1. The molecule has 0 aliphatic carbocycles. The number of benzene rings is 2. The molecule has 6 nitrogen and oxygen atoms in total. The van der Waals surface area contributed by atoms with Crippen molar-refractivity contribution < 1.29 is 19.3 Å². The van der Waals surface area contributed by atoms with Crippen LogP contribution in [0.25, 0.3) is 0 Å². The van der Waals surface area contributed by atoms with Crippen molar-refractivity contribution >= 4 is 17.2 Å². The normalized spacial score (nSPS) is 12.1. The quantitative estimate of drug-likeness (QED) is 0.351. The van der Waals surface area contributed by atoms with Crippen molar-refractivity contribution in [2.45, 2.75) is 39.5 Å². The summed E-state index contributed by atoms with van der Waals surface area (Å²) in [6.07, 6.45) is 1.84. The molecule has 0 saturated heterocycles. The Morgan fingerprint density at radius 2 is 1.67 bits per heavy atom. The lowest BCUT2D eigenvalue weighted by atomic mass is 10.1. The molecular weight excluding hydrogens is 432 g/mol. The maximum atomic E-state index is 11.2. The third-order valence-electron chi connectivity index (χ3n) is 5.85. The van der Waals surface area contributed by atoms with Gasteiger partial charge in [-0.1, -0.05) is 72.0 Å². The van der Waals surface area contributed by atoms with Crippen molar-refractivity contribution in [3.63, 3.8) is 0 Å². The highest BCUT2D eigenvalue weighted by atomic mass is 32.1. The molecule has 2 aromatic heterocycles. The number of anilines is 1. The number of thiazole rings is 1. The predicted molar refractivity (Wildman–Crippen MR) is 129 cm³/mol. The third-order valence-corrected chi connectivity index (χ3v) is 7.25. The van der Waals surface area contributed by atoms with Crippen LogP contribution in [0.15, 0.2) is 66.9 Å². The first-order chi connectivity index (χ1) is 16.0. The fourth-order valence-electron chi connectivity index (χ4n) is 3.97. The van der Waals surface area contributed by atoms with Crippen molar-refractivity contribution in [2.24, 2.45) is 0 Å². The van der Waals surface area contributed by atoms with Crippen LogP contribution in [-0.4, -0.2) is 21.8 Å². The highest BCUT2D eigenvalue weighted by Gasteiger charge is 2.31. The van der Waals surface area contributed by atoms with E-state index in [2.05, 4.69) is 32.4 Å². The Labute approximate surface area is 198 Å². The summed E-state index contributed by atoms with van der Waals surface area (Å²) < 4.78 is 4.20. The van der Waals surface area contributed by atoms with Gasteiger partial charge in [-0.3, -0.25) is 0 Å². The van der Waals surface area contributed by atoms with Gasteiger partial charge in [-0.05, 0) is 16.1 Å². The van der Waals surface area contributed by atoms with Crippen LogP contribution < -0.4 is 14.9 Å². The number of nitrogens with zero attached hydrogens (tertiary/aromatic N) is 3. The number of nitrogens with two attached hydrogens (primary N) is 1. The molecule has 1 atom stereocenters. The van der Waals surface area contributed by atoms with Gasteiger partial charge in [0.2, 0.25) is 0 Å². The molecule has 0 radical (unpaired) electrons. The molecule has 33 heavy (non-hydrogen) atoms. The maximum absolute atomic E-state index is 11.2. The molecule has 0 fully saturated rings. The lowest BCUT2D eigenvalue weighted by Gasteiger charge is -2.09. The lowest BCUT2D eigenvalue weighted by Crippen LogP contribution is -2.44. The monoisotopic (exact) mass is 462 g/mol. The molecule has 0 aliphatic heterocycles. The molecule has 4 aromatic rings.